The van der Waals surface area contributed by atoms with Crippen LogP contribution in [-0.2, 0) is 10.0 Å². The number of nitrogens with two attached hydrogens (primary N) is 1. The number of hydrogen-bond donors (Lipinski definition) is 2. The molecule has 0 saturated carbocycles. The molecule has 1 heterocycles. The lowest BCUT2D eigenvalue weighted by molar-refractivity contribution is 0.408. The van der Waals surface area contributed by atoms with Crippen LogP contribution in [0.1, 0.15) is 20.3 Å². The molecule has 0 spiro atoms. The number of primary sulfonamides is 1. The Labute approximate surface area is 120 Å². The van der Waals surface area contributed by atoms with Crippen LogP contribution >= 0.6 is 11.8 Å². The van der Waals surface area contributed by atoms with Crippen LogP contribution in [0.4, 0.5) is 0 Å². The summed E-state index contributed by atoms with van der Waals surface area (Å²) in [6.07, 6.45) is 1.14. The highest BCUT2D eigenvalue weighted by Crippen LogP contribution is 2.20. The van der Waals surface area contributed by atoms with Gasteiger partial charge in [0.1, 0.15) is 0 Å². The van der Waals surface area contributed by atoms with Crippen LogP contribution in [0.2, 0.25) is 0 Å². The molecule has 0 aliphatic carbocycles. The largest absolute Gasteiger partial charge is 0.357 e. The number of nitrogens with one attached hydrogen (secondary N) is 1. The number of thioether (sulfide) groups is 1. The average molecular weight is 308 g/mol. The van der Waals surface area contributed by atoms with Crippen molar-refractivity contribution in [3.05, 3.63) is 0 Å². The van der Waals surface area contributed by atoms with E-state index >= 15 is 0 Å². The van der Waals surface area contributed by atoms with E-state index in [1.54, 1.807) is 0 Å². The minimum atomic E-state index is -3.44. The summed E-state index contributed by atoms with van der Waals surface area (Å²) in [6.45, 7) is 7.08. The second-order valence-electron chi connectivity index (χ2n) is 4.45. The van der Waals surface area contributed by atoms with E-state index in [1.165, 1.54) is 0 Å². The summed E-state index contributed by atoms with van der Waals surface area (Å²) in [5.74, 6) is 1.77. The van der Waals surface area contributed by atoms with Crippen LogP contribution in [0.15, 0.2) is 4.99 Å². The van der Waals surface area contributed by atoms with Crippen molar-refractivity contribution in [1.29, 1.82) is 0 Å². The zero-order valence-corrected chi connectivity index (χ0v) is 13.3. The Kier molecular flexibility index (Phi) is 6.95. The molecule has 0 amide bonds. The van der Waals surface area contributed by atoms with Crippen molar-refractivity contribution in [2.45, 2.75) is 25.5 Å². The number of sulfonamides is 1. The van der Waals surface area contributed by atoms with Crippen molar-refractivity contribution in [3.8, 4) is 0 Å². The third-order valence-corrected chi connectivity index (χ3v) is 4.99. The van der Waals surface area contributed by atoms with E-state index in [1.807, 2.05) is 18.7 Å². The highest BCUT2D eigenvalue weighted by Gasteiger charge is 2.21. The maximum atomic E-state index is 10.9. The van der Waals surface area contributed by atoms with Crippen molar-refractivity contribution >= 4 is 27.7 Å². The van der Waals surface area contributed by atoms with E-state index in [2.05, 4.69) is 22.1 Å². The molecule has 0 aromatic rings. The van der Waals surface area contributed by atoms with Crippen molar-refractivity contribution in [3.63, 3.8) is 0 Å². The van der Waals surface area contributed by atoms with Gasteiger partial charge in [0.15, 0.2) is 5.96 Å². The summed E-state index contributed by atoms with van der Waals surface area (Å²) in [6, 6.07) is 0. The summed E-state index contributed by atoms with van der Waals surface area (Å²) >= 11 is 1.99. The Morgan fingerprint density at radius 2 is 2.26 bits per heavy atom. The van der Waals surface area contributed by atoms with E-state index in [0.717, 1.165) is 37.8 Å². The lowest BCUT2D eigenvalue weighted by atomic mass is 10.3. The van der Waals surface area contributed by atoms with Gasteiger partial charge in [-0.15, -0.1) is 0 Å². The Bertz CT molecular complexity index is 397. The molecule has 1 unspecified atom stereocenters. The Balaban J connectivity index is 2.62. The zero-order valence-electron chi connectivity index (χ0n) is 11.6. The molecule has 1 fully saturated rings. The predicted octanol–water partition coefficient (Wildman–Crippen LogP) is 0.0678. The van der Waals surface area contributed by atoms with Crippen molar-refractivity contribution in [1.82, 2.24) is 10.2 Å². The molecule has 0 aromatic heterocycles. The molecular weight excluding hydrogens is 284 g/mol. The van der Waals surface area contributed by atoms with Gasteiger partial charge in [-0.3, -0.25) is 4.99 Å². The number of hydrogen-bond acceptors (Lipinski definition) is 4. The van der Waals surface area contributed by atoms with Crippen LogP contribution in [0.3, 0.4) is 0 Å². The summed E-state index contributed by atoms with van der Waals surface area (Å²) in [4.78, 5) is 6.56. The molecule has 0 radical (unpaired) electrons. The quantitative estimate of drug-likeness (QED) is 0.554. The summed E-state index contributed by atoms with van der Waals surface area (Å²) < 4.78 is 21.8. The fourth-order valence-electron chi connectivity index (χ4n) is 1.86. The molecule has 19 heavy (non-hydrogen) atoms. The van der Waals surface area contributed by atoms with Crippen molar-refractivity contribution < 1.29 is 8.42 Å². The van der Waals surface area contributed by atoms with Gasteiger partial charge in [0.05, 0.1) is 12.3 Å². The Morgan fingerprint density at radius 1 is 1.53 bits per heavy atom. The van der Waals surface area contributed by atoms with E-state index in [9.17, 15) is 8.42 Å². The second kappa shape index (κ2) is 7.96. The third-order valence-electron chi connectivity index (χ3n) is 2.87. The summed E-state index contributed by atoms with van der Waals surface area (Å²) in [7, 11) is -3.44. The standard InChI is InChI=1S/C11H24N4O2S2/c1-3-10-9-15(6-7-18-10)11(13-4-2)14-5-8-19(12,16)17/h10H,3-9H2,1-2H3,(H,13,14)(H2,12,16,17). The number of aliphatic imine (C=N–C) groups is 1. The molecule has 0 bridgehead atoms. The summed E-state index contributed by atoms with van der Waals surface area (Å²) in [5, 5.41) is 8.82. The first kappa shape index (κ1) is 16.6. The van der Waals surface area contributed by atoms with Crippen LogP contribution < -0.4 is 10.5 Å². The molecule has 6 nitrogen and oxygen atoms in total. The molecular formula is C11H24N4O2S2. The van der Waals surface area contributed by atoms with Crippen LogP contribution in [-0.4, -0.2) is 62.2 Å². The molecule has 1 aliphatic heterocycles. The number of nitrogens with zero attached hydrogens (tertiary/aromatic N) is 2. The average Bonchev–Trinajstić information content (AvgIpc) is 2.36. The molecule has 1 atom stereocenters. The zero-order chi connectivity index (χ0) is 14.3. The first-order valence-electron chi connectivity index (χ1n) is 6.61. The normalized spacial score (nSPS) is 21.5. The minimum Gasteiger partial charge on any atom is -0.357 e. The smallest absolute Gasteiger partial charge is 0.210 e. The molecule has 1 aliphatic rings. The van der Waals surface area contributed by atoms with E-state index in [4.69, 9.17) is 5.14 Å². The fourth-order valence-corrected chi connectivity index (χ4v) is 3.39. The van der Waals surface area contributed by atoms with Gasteiger partial charge in [-0.05, 0) is 13.3 Å². The van der Waals surface area contributed by atoms with E-state index in [0.29, 0.717) is 5.25 Å². The van der Waals surface area contributed by atoms with Gasteiger partial charge in [-0.1, -0.05) is 6.92 Å². The molecule has 1 saturated heterocycles. The topological polar surface area (TPSA) is 87.8 Å². The minimum absolute atomic E-state index is 0.109. The first-order valence-corrected chi connectivity index (χ1v) is 9.38. The van der Waals surface area contributed by atoms with Crippen LogP contribution in [0.25, 0.3) is 0 Å². The lowest BCUT2D eigenvalue weighted by Gasteiger charge is -2.34. The monoisotopic (exact) mass is 308 g/mol. The number of rotatable bonds is 5. The first-order chi connectivity index (χ1) is 8.96. The van der Waals surface area contributed by atoms with Crippen molar-refractivity contribution in [2.24, 2.45) is 10.1 Å². The molecule has 3 N–H and O–H groups in total. The fraction of sp³-hybridized carbons (Fsp3) is 0.909. The van der Waals surface area contributed by atoms with Gasteiger partial charge in [0.2, 0.25) is 10.0 Å². The maximum Gasteiger partial charge on any atom is 0.210 e. The third kappa shape index (κ3) is 6.49. The van der Waals surface area contributed by atoms with Gasteiger partial charge in [0, 0.05) is 30.6 Å². The van der Waals surface area contributed by atoms with Crippen LogP contribution in [0.5, 0.6) is 0 Å². The highest BCUT2D eigenvalue weighted by molar-refractivity contribution is 8.00. The highest BCUT2D eigenvalue weighted by atomic mass is 32.2. The van der Waals surface area contributed by atoms with Gasteiger partial charge in [-0.25, -0.2) is 13.6 Å². The van der Waals surface area contributed by atoms with Gasteiger partial charge >= 0.3 is 0 Å². The predicted molar refractivity (Wildman–Crippen MR) is 82.1 cm³/mol. The van der Waals surface area contributed by atoms with Crippen LogP contribution in [0, 0.1) is 0 Å². The Morgan fingerprint density at radius 3 is 2.84 bits per heavy atom. The molecule has 1 rings (SSSR count). The maximum absolute atomic E-state index is 10.9. The SMILES string of the molecule is CCNC(=NCCS(N)(=O)=O)N1CCSC(CC)C1. The second-order valence-corrected chi connectivity index (χ2v) is 7.59. The lowest BCUT2D eigenvalue weighted by Crippen LogP contribution is -2.48. The molecule has 112 valence electrons. The summed E-state index contributed by atoms with van der Waals surface area (Å²) in [5.41, 5.74) is 0. The van der Waals surface area contributed by atoms with Gasteiger partial charge in [-0.2, -0.15) is 11.8 Å². The Hall–Kier alpha value is -0.470. The molecule has 0 aromatic carbocycles. The van der Waals surface area contributed by atoms with E-state index < -0.39 is 10.0 Å². The van der Waals surface area contributed by atoms with Gasteiger partial charge in [0.25, 0.3) is 0 Å². The molecule has 8 heteroatoms. The van der Waals surface area contributed by atoms with Crippen molar-refractivity contribution in [2.75, 3.05) is 37.7 Å². The number of guanidine groups is 1. The van der Waals surface area contributed by atoms with E-state index in [-0.39, 0.29) is 12.3 Å². The van der Waals surface area contributed by atoms with Gasteiger partial charge < -0.3 is 10.2 Å².